The van der Waals surface area contributed by atoms with Gasteiger partial charge in [0.15, 0.2) is 0 Å². The Morgan fingerprint density at radius 2 is 1.67 bits per heavy atom. The molecule has 6 nitrogen and oxygen atoms in total. The van der Waals surface area contributed by atoms with Gasteiger partial charge in [-0.05, 0) is 26.2 Å². The first-order valence-electron chi connectivity index (χ1n) is 7.06. The van der Waals surface area contributed by atoms with Crippen molar-refractivity contribution in [1.82, 2.24) is 10.6 Å². The predicted molar refractivity (Wildman–Crippen MR) is 82.5 cm³/mol. The van der Waals surface area contributed by atoms with Gasteiger partial charge in [-0.3, -0.25) is 0 Å². The third-order valence-electron chi connectivity index (χ3n) is 2.54. The van der Waals surface area contributed by atoms with Gasteiger partial charge in [0, 0.05) is 6.54 Å². The first-order valence-corrected chi connectivity index (χ1v) is 7.06. The van der Waals surface area contributed by atoms with Crippen LogP contribution >= 0.6 is 0 Å². The number of amides is 2. The van der Waals surface area contributed by atoms with Crippen molar-refractivity contribution < 1.29 is 19.1 Å². The molecular weight excluding hydrogens is 271 g/mol. The van der Waals surface area contributed by atoms with Crippen LogP contribution in [0.25, 0.3) is 0 Å². The molecule has 0 aliphatic carbocycles. The van der Waals surface area contributed by atoms with Crippen molar-refractivity contribution in [3.63, 3.8) is 0 Å². The minimum atomic E-state index is -0.569. The van der Waals surface area contributed by atoms with Gasteiger partial charge in [0.2, 0.25) is 0 Å². The Balaban J connectivity index is 4.48. The highest BCUT2D eigenvalue weighted by atomic mass is 16.6. The van der Waals surface area contributed by atoms with E-state index in [9.17, 15) is 9.59 Å². The van der Waals surface area contributed by atoms with Gasteiger partial charge < -0.3 is 20.1 Å². The SMILES string of the molecule is [B]CCOC(=O)NC[C@@H](NC(=O)OC(C)(C)C)C(C)(C)C. The highest BCUT2D eigenvalue weighted by Gasteiger charge is 2.28. The van der Waals surface area contributed by atoms with Crippen LogP contribution in [0.1, 0.15) is 41.5 Å². The second-order valence-corrected chi connectivity index (χ2v) is 6.87. The molecule has 2 radical (unpaired) electrons. The van der Waals surface area contributed by atoms with Gasteiger partial charge in [0.1, 0.15) is 5.60 Å². The summed E-state index contributed by atoms with van der Waals surface area (Å²) >= 11 is 0. The minimum Gasteiger partial charge on any atom is -0.450 e. The van der Waals surface area contributed by atoms with E-state index in [-0.39, 0.29) is 30.9 Å². The number of hydrogen-bond acceptors (Lipinski definition) is 4. The van der Waals surface area contributed by atoms with Crippen LogP contribution in [0.15, 0.2) is 0 Å². The molecule has 0 aromatic rings. The van der Waals surface area contributed by atoms with E-state index < -0.39 is 17.8 Å². The van der Waals surface area contributed by atoms with E-state index in [0.717, 1.165) is 0 Å². The number of nitrogens with one attached hydrogen (secondary N) is 2. The molecule has 0 bridgehead atoms. The third kappa shape index (κ3) is 10.0. The largest absolute Gasteiger partial charge is 0.450 e. The van der Waals surface area contributed by atoms with Crippen LogP contribution in [0.3, 0.4) is 0 Å². The highest BCUT2D eigenvalue weighted by molar-refractivity contribution is 6.08. The summed E-state index contributed by atoms with van der Waals surface area (Å²) in [6.45, 7) is 11.7. The van der Waals surface area contributed by atoms with Crippen LogP contribution in [-0.4, -0.2) is 44.8 Å². The molecule has 0 unspecified atom stereocenters. The summed E-state index contributed by atoms with van der Waals surface area (Å²) in [6.07, 6.45) is -0.799. The Bertz CT molecular complexity index is 348. The molecule has 0 heterocycles. The molecule has 0 spiro atoms. The number of ether oxygens (including phenoxy) is 2. The van der Waals surface area contributed by atoms with Crippen LogP contribution in [0.2, 0.25) is 6.32 Å². The fourth-order valence-electron chi connectivity index (χ4n) is 1.41. The quantitative estimate of drug-likeness (QED) is 0.763. The van der Waals surface area contributed by atoms with Crippen LogP contribution in [0.5, 0.6) is 0 Å². The van der Waals surface area contributed by atoms with E-state index in [1.54, 1.807) is 20.8 Å². The Kier molecular flexibility index (Phi) is 7.61. The van der Waals surface area contributed by atoms with Crippen LogP contribution in [0.4, 0.5) is 9.59 Å². The number of alkyl carbamates (subject to hydrolysis) is 2. The Morgan fingerprint density at radius 1 is 1.10 bits per heavy atom. The maximum atomic E-state index is 11.8. The van der Waals surface area contributed by atoms with Crippen molar-refractivity contribution in [2.75, 3.05) is 13.2 Å². The lowest BCUT2D eigenvalue weighted by molar-refractivity contribution is 0.0461. The summed E-state index contributed by atoms with van der Waals surface area (Å²) in [6, 6.07) is -0.294. The van der Waals surface area contributed by atoms with E-state index in [0.29, 0.717) is 0 Å². The molecule has 0 fully saturated rings. The van der Waals surface area contributed by atoms with Crippen molar-refractivity contribution in [3.8, 4) is 0 Å². The van der Waals surface area contributed by atoms with E-state index in [2.05, 4.69) is 10.6 Å². The number of carbonyl (C=O) groups excluding carboxylic acids is 2. The van der Waals surface area contributed by atoms with E-state index in [1.807, 2.05) is 20.8 Å². The fraction of sp³-hybridized carbons (Fsp3) is 0.857. The highest BCUT2D eigenvalue weighted by Crippen LogP contribution is 2.19. The molecule has 0 aromatic heterocycles. The zero-order chi connectivity index (χ0) is 16.7. The second-order valence-electron chi connectivity index (χ2n) is 6.87. The van der Waals surface area contributed by atoms with Crippen molar-refractivity contribution in [1.29, 1.82) is 0 Å². The Morgan fingerprint density at radius 3 is 2.10 bits per heavy atom. The number of hydrogen-bond donors (Lipinski definition) is 2. The molecule has 2 N–H and O–H groups in total. The molecule has 0 aromatic carbocycles. The van der Waals surface area contributed by atoms with E-state index in [4.69, 9.17) is 17.3 Å². The van der Waals surface area contributed by atoms with Crippen molar-refractivity contribution in [3.05, 3.63) is 0 Å². The average Bonchev–Trinajstić information content (AvgIpc) is 2.27. The summed E-state index contributed by atoms with van der Waals surface area (Å²) in [5, 5.41) is 5.37. The van der Waals surface area contributed by atoms with Gasteiger partial charge in [-0.1, -0.05) is 27.1 Å². The molecular formula is C14H27BN2O4. The Labute approximate surface area is 128 Å². The molecule has 0 saturated heterocycles. The number of rotatable bonds is 5. The summed E-state index contributed by atoms with van der Waals surface area (Å²) < 4.78 is 10.0. The van der Waals surface area contributed by atoms with Crippen LogP contribution < -0.4 is 10.6 Å². The first kappa shape index (κ1) is 19.6. The lowest BCUT2D eigenvalue weighted by Crippen LogP contribution is -2.51. The van der Waals surface area contributed by atoms with Gasteiger partial charge in [0.05, 0.1) is 20.5 Å². The Hall–Kier alpha value is -1.40. The zero-order valence-electron chi connectivity index (χ0n) is 13.9. The monoisotopic (exact) mass is 298 g/mol. The van der Waals surface area contributed by atoms with Crippen LogP contribution in [-0.2, 0) is 9.47 Å². The topological polar surface area (TPSA) is 76.7 Å². The molecule has 1 atom stereocenters. The van der Waals surface area contributed by atoms with Crippen molar-refractivity contribution in [2.24, 2.45) is 5.41 Å². The maximum absolute atomic E-state index is 11.8. The third-order valence-corrected chi connectivity index (χ3v) is 2.54. The van der Waals surface area contributed by atoms with Gasteiger partial charge in [-0.15, -0.1) is 0 Å². The van der Waals surface area contributed by atoms with Gasteiger partial charge in [-0.25, -0.2) is 9.59 Å². The molecule has 2 amide bonds. The zero-order valence-corrected chi connectivity index (χ0v) is 13.9. The molecule has 0 aliphatic rings. The smallest absolute Gasteiger partial charge is 0.407 e. The van der Waals surface area contributed by atoms with Crippen molar-refractivity contribution in [2.45, 2.75) is 59.5 Å². The minimum absolute atomic E-state index is 0.158. The molecule has 7 heteroatoms. The lowest BCUT2D eigenvalue weighted by atomic mass is 9.87. The lowest BCUT2D eigenvalue weighted by Gasteiger charge is -2.32. The summed E-state index contributed by atoms with van der Waals surface area (Å²) in [5.74, 6) is 0. The molecule has 120 valence electrons. The molecule has 0 rings (SSSR count). The first-order chi connectivity index (χ1) is 9.45. The number of carbonyl (C=O) groups is 2. The maximum Gasteiger partial charge on any atom is 0.407 e. The average molecular weight is 298 g/mol. The summed E-state index contributed by atoms with van der Waals surface area (Å²) in [4.78, 5) is 23.3. The molecule has 21 heavy (non-hydrogen) atoms. The van der Waals surface area contributed by atoms with Crippen LogP contribution in [0, 0.1) is 5.41 Å². The normalized spacial score (nSPS) is 13.2. The van der Waals surface area contributed by atoms with E-state index in [1.165, 1.54) is 0 Å². The standard InChI is InChI=1S/C14H27BN2O4/c1-13(2,3)10(9-16-11(18)20-8-7-15)17-12(19)21-14(4,5)6/h10H,7-9H2,1-6H3,(H,16,18)(H,17,19)/t10-/m1/s1. The fourth-order valence-corrected chi connectivity index (χ4v) is 1.41. The van der Waals surface area contributed by atoms with Gasteiger partial charge in [0.25, 0.3) is 0 Å². The van der Waals surface area contributed by atoms with Gasteiger partial charge >= 0.3 is 12.2 Å². The summed E-state index contributed by atoms with van der Waals surface area (Å²) in [7, 11) is 5.25. The molecule has 0 aliphatic heterocycles. The van der Waals surface area contributed by atoms with Gasteiger partial charge in [-0.2, -0.15) is 0 Å². The van der Waals surface area contributed by atoms with Crippen molar-refractivity contribution >= 4 is 20.0 Å². The predicted octanol–water partition coefficient (Wildman–Crippen LogP) is 2.24. The molecule has 0 saturated carbocycles. The second kappa shape index (κ2) is 8.15. The van der Waals surface area contributed by atoms with E-state index >= 15 is 0 Å². The summed E-state index contributed by atoms with van der Waals surface area (Å²) in [5.41, 5.74) is -0.821.